The average molecular weight is 537 g/mol. The first-order valence-electron chi connectivity index (χ1n) is 13.8. The number of hydrogen-bond donors (Lipinski definition) is 1. The van der Waals surface area contributed by atoms with Crippen molar-refractivity contribution in [1.82, 2.24) is 4.90 Å². The summed E-state index contributed by atoms with van der Waals surface area (Å²) in [5.74, 6) is -3.99. The SMILES string of the molecule is Cc1cccc(C)c1NC(=O)COC(=O)[C@H](C(C)C)N1C(=O)[C@@H]2C3c4ccccc4C(c4ccccc43)[C@@H]2C1=O. The zero-order valence-electron chi connectivity index (χ0n) is 23.0. The number of para-hydroxylation sites is 1. The molecular weight excluding hydrogens is 504 g/mol. The summed E-state index contributed by atoms with van der Waals surface area (Å²) >= 11 is 0. The fourth-order valence-corrected chi connectivity index (χ4v) is 7.06. The van der Waals surface area contributed by atoms with E-state index in [1.54, 1.807) is 13.8 Å². The quantitative estimate of drug-likeness (QED) is 0.364. The number of nitrogens with zero attached hydrogens (tertiary/aromatic N) is 1. The third-order valence-electron chi connectivity index (χ3n) is 8.72. The molecule has 3 atom stereocenters. The van der Waals surface area contributed by atoms with Crippen LogP contribution in [0.25, 0.3) is 0 Å². The first-order chi connectivity index (χ1) is 19.2. The van der Waals surface area contributed by atoms with Gasteiger partial charge in [0.25, 0.3) is 5.91 Å². The van der Waals surface area contributed by atoms with Crippen LogP contribution in [0.3, 0.4) is 0 Å². The van der Waals surface area contributed by atoms with Crippen LogP contribution in [0.1, 0.15) is 59.1 Å². The van der Waals surface area contributed by atoms with Crippen molar-refractivity contribution in [1.29, 1.82) is 0 Å². The largest absolute Gasteiger partial charge is 0.454 e. The molecule has 1 heterocycles. The highest BCUT2D eigenvalue weighted by Gasteiger charge is 2.63. The van der Waals surface area contributed by atoms with E-state index in [-0.39, 0.29) is 23.7 Å². The van der Waals surface area contributed by atoms with Crippen molar-refractivity contribution in [3.8, 4) is 0 Å². The molecule has 204 valence electrons. The number of aryl methyl sites for hydroxylation is 2. The molecule has 40 heavy (non-hydrogen) atoms. The molecule has 0 unspecified atom stereocenters. The molecule has 1 saturated heterocycles. The van der Waals surface area contributed by atoms with Crippen molar-refractivity contribution in [2.45, 2.75) is 45.6 Å². The van der Waals surface area contributed by atoms with E-state index in [9.17, 15) is 19.2 Å². The lowest BCUT2D eigenvalue weighted by Crippen LogP contribution is -2.49. The van der Waals surface area contributed by atoms with E-state index < -0.39 is 42.3 Å². The van der Waals surface area contributed by atoms with Crippen LogP contribution in [0, 0.1) is 31.6 Å². The van der Waals surface area contributed by atoms with Gasteiger partial charge in [-0.05, 0) is 53.1 Å². The number of amides is 3. The minimum Gasteiger partial charge on any atom is -0.454 e. The van der Waals surface area contributed by atoms with Gasteiger partial charge in [0.05, 0.1) is 11.8 Å². The summed E-state index contributed by atoms with van der Waals surface area (Å²) in [6, 6.07) is 20.6. The van der Waals surface area contributed by atoms with E-state index in [0.29, 0.717) is 5.69 Å². The summed E-state index contributed by atoms with van der Waals surface area (Å²) in [5, 5.41) is 2.81. The van der Waals surface area contributed by atoms with Gasteiger partial charge in [0.15, 0.2) is 6.61 Å². The van der Waals surface area contributed by atoms with Crippen molar-refractivity contribution in [3.05, 3.63) is 100 Å². The van der Waals surface area contributed by atoms with E-state index in [1.807, 2.05) is 80.6 Å². The van der Waals surface area contributed by atoms with Crippen LogP contribution in [-0.4, -0.2) is 41.2 Å². The van der Waals surface area contributed by atoms with Crippen molar-refractivity contribution in [3.63, 3.8) is 0 Å². The van der Waals surface area contributed by atoms with E-state index in [4.69, 9.17) is 4.74 Å². The number of rotatable bonds is 6. The Bertz CT molecular complexity index is 1420. The maximum absolute atomic E-state index is 14.1. The van der Waals surface area contributed by atoms with E-state index in [2.05, 4.69) is 5.32 Å². The second kappa shape index (κ2) is 9.73. The molecule has 7 nitrogen and oxygen atoms in total. The first-order valence-corrected chi connectivity index (χ1v) is 13.8. The smallest absolute Gasteiger partial charge is 0.330 e. The number of likely N-dealkylation sites (tertiary alicyclic amines) is 1. The van der Waals surface area contributed by atoms with Gasteiger partial charge in [0.1, 0.15) is 6.04 Å². The molecule has 0 aromatic heterocycles. The minimum absolute atomic E-state index is 0.254. The fraction of sp³-hybridized carbons (Fsp3) is 0.333. The van der Waals surface area contributed by atoms with Crippen molar-refractivity contribution in [2.24, 2.45) is 17.8 Å². The summed E-state index contributed by atoms with van der Waals surface area (Å²) < 4.78 is 5.44. The minimum atomic E-state index is -1.12. The molecule has 0 spiro atoms. The molecule has 4 aliphatic rings. The molecule has 3 aromatic rings. The second-order valence-corrected chi connectivity index (χ2v) is 11.4. The number of nitrogens with one attached hydrogen (secondary N) is 1. The Morgan fingerprint density at radius 3 is 1.65 bits per heavy atom. The predicted octanol–water partition coefficient (Wildman–Crippen LogP) is 4.70. The third kappa shape index (κ3) is 3.86. The van der Waals surface area contributed by atoms with Crippen molar-refractivity contribution in [2.75, 3.05) is 11.9 Å². The number of carbonyl (C=O) groups excluding carboxylic acids is 4. The lowest BCUT2D eigenvalue weighted by molar-refractivity contribution is -0.162. The highest BCUT2D eigenvalue weighted by atomic mass is 16.5. The summed E-state index contributed by atoms with van der Waals surface area (Å²) in [7, 11) is 0. The molecule has 2 bridgehead atoms. The summed E-state index contributed by atoms with van der Waals surface area (Å²) in [4.78, 5) is 55.4. The third-order valence-corrected chi connectivity index (χ3v) is 8.72. The second-order valence-electron chi connectivity index (χ2n) is 11.4. The molecule has 7 heteroatoms. The molecule has 1 fully saturated rings. The van der Waals surface area contributed by atoms with Crippen molar-refractivity contribution < 1.29 is 23.9 Å². The predicted molar refractivity (Wildman–Crippen MR) is 150 cm³/mol. The van der Waals surface area contributed by atoms with E-state index in [1.165, 1.54) is 0 Å². The Labute approximate surface area is 233 Å². The Hall–Kier alpha value is -4.26. The summed E-state index contributed by atoms with van der Waals surface area (Å²) in [6.45, 7) is 6.82. The van der Waals surface area contributed by atoms with Crippen LogP contribution >= 0.6 is 0 Å². The Morgan fingerprint density at radius 1 is 0.775 bits per heavy atom. The van der Waals surface area contributed by atoms with Crippen LogP contribution < -0.4 is 5.32 Å². The number of benzene rings is 3. The van der Waals surface area contributed by atoms with Gasteiger partial charge >= 0.3 is 5.97 Å². The molecule has 0 saturated carbocycles. The first kappa shape index (κ1) is 26.0. The monoisotopic (exact) mass is 536 g/mol. The zero-order chi connectivity index (χ0) is 28.3. The van der Waals surface area contributed by atoms with Crippen LogP contribution in [0.4, 0.5) is 5.69 Å². The van der Waals surface area contributed by atoms with Crippen LogP contribution in [0.15, 0.2) is 66.7 Å². The Kier molecular flexibility index (Phi) is 6.32. The molecule has 1 aliphatic heterocycles. The van der Waals surface area contributed by atoms with E-state index in [0.717, 1.165) is 38.3 Å². The molecule has 1 N–H and O–H groups in total. The number of anilines is 1. The number of carbonyl (C=O) groups is 4. The molecule has 3 aliphatic carbocycles. The van der Waals surface area contributed by atoms with Gasteiger partial charge in [0, 0.05) is 17.5 Å². The number of hydrogen-bond acceptors (Lipinski definition) is 5. The highest BCUT2D eigenvalue weighted by molar-refractivity contribution is 6.10. The van der Waals surface area contributed by atoms with Gasteiger partial charge < -0.3 is 10.1 Å². The maximum atomic E-state index is 14.1. The standard InChI is InChI=1S/C33H32N2O5/c1-17(2)30(33(39)40-16-24(36)34-29-18(3)10-9-11-19(29)4)35-31(37)27-25-20-12-5-6-13-21(20)26(28(27)32(35)38)23-15-8-7-14-22(23)25/h5-15,17,25-28,30H,16H2,1-4H3,(H,34,36)/t25?,26?,27-,28+,30-/m0/s1. The summed E-state index contributed by atoms with van der Waals surface area (Å²) in [6.07, 6.45) is 0. The van der Waals surface area contributed by atoms with Gasteiger partial charge in [-0.1, -0.05) is 80.6 Å². The van der Waals surface area contributed by atoms with Gasteiger partial charge in [0.2, 0.25) is 11.8 Å². The molecule has 3 amide bonds. The highest BCUT2D eigenvalue weighted by Crippen LogP contribution is 2.61. The fourth-order valence-electron chi connectivity index (χ4n) is 7.06. The Balaban J connectivity index is 1.27. The van der Waals surface area contributed by atoms with Gasteiger partial charge in [-0.15, -0.1) is 0 Å². The molecule has 3 aromatic carbocycles. The Morgan fingerprint density at radius 2 is 1.23 bits per heavy atom. The number of esters is 1. The van der Waals surface area contributed by atoms with Crippen LogP contribution in [0.5, 0.6) is 0 Å². The van der Waals surface area contributed by atoms with Crippen LogP contribution in [-0.2, 0) is 23.9 Å². The molecule has 0 radical (unpaired) electrons. The normalized spacial score (nSPS) is 23.0. The van der Waals surface area contributed by atoms with Crippen LogP contribution in [0.2, 0.25) is 0 Å². The molecular formula is C33H32N2O5. The summed E-state index contributed by atoms with van der Waals surface area (Å²) in [5.41, 5.74) is 6.75. The topological polar surface area (TPSA) is 92.8 Å². The average Bonchev–Trinajstić information content (AvgIpc) is 3.20. The van der Waals surface area contributed by atoms with Gasteiger partial charge in [-0.3, -0.25) is 19.3 Å². The van der Waals surface area contributed by atoms with Crippen molar-refractivity contribution >= 4 is 29.4 Å². The van der Waals surface area contributed by atoms with Gasteiger partial charge in [-0.2, -0.15) is 0 Å². The van der Waals surface area contributed by atoms with E-state index >= 15 is 0 Å². The maximum Gasteiger partial charge on any atom is 0.330 e. The zero-order valence-corrected chi connectivity index (χ0v) is 23.0. The molecule has 7 rings (SSSR count). The lowest BCUT2D eigenvalue weighted by atomic mass is 9.55. The number of imide groups is 1. The number of ether oxygens (including phenoxy) is 1. The van der Waals surface area contributed by atoms with Gasteiger partial charge in [-0.25, -0.2) is 4.79 Å². The lowest BCUT2D eigenvalue weighted by Gasteiger charge is -2.45.